The van der Waals surface area contributed by atoms with Gasteiger partial charge < -0.3 is 0 Å². The van der Waals surface area contributed by atoms with Gasteiger partial charge >= 0.3 is 0 Å². The number of pyridine rings is 1. The molecule has 0 spiro atoms. The minimum Gasteiger partial charge on any atom is -0.243 e. The van der Waals surface area contributed by atoms with Crippen molar-refractivity contribution in [2.45, 2.75) is 10.6 Å². The van der Waals surface area contributed by atoms with E-state index in [2.05, 4.69) is 23.2 Å². The third-order valence-corrected chi connectivity index (χ3v) is 4.55. The first-order valence-corrected chi connectivity index (χ1v) is 7.79. The molecule has 2 aromatic carbocycles. The van der Waals surface area contributed by atoms with E-state index in [0.29, 0.717) is 10.7 Å². The molecule has 0 fully saturated rings. The van der Waals surface area contributed by atoms with Crippen LogP contribution in [-0.2, 0) is 5.75 Å². The fourth-order valence-electron chi connectivity index (χ4n) is 2.11. The molecule has 1 heterocycles. The number of benzene rings is 2. The smallest absolute Gasteiger partial charge is 0.136 e. The number of aromatic nitrogens is 1. The molecule has 0 N–H and O–H groups in total. The van der Waals surface area contributed by atoms with Gasteiger partial charge in [0, 0.05) is 27.6 Å². The average molecular weight is 311 g/mol. The van der Waals surface area contributed by atoms with E-state index >= 15 is 0 Å². The van der Waals surface area contributed by atoms with Gasteiger partial charge in [0.2, 0.25) is 0 Å². The lowest BCUT2D eigenvalue weighted by atomic mass is 10.1. The summed E-state index contributed by atoms with van der Waals surface area (Å²) in [7, 11) is 0. The van der Waals surface area contributed by atoms with Crippen molar-refractivity contribution < 1.29 is 0 Å². The minimum atomic E-state index is 0.434. The lowest BCUT2D eigenvalue weighted by Crippen LogP contribution is -1.86. The van der Waals surface area contributed by atoms with Crippen molar-refractivity contribution in [2.24, 2.45) is 0 Å². The van der Waals surface area contributed by atoms with Crippen LogP contribution in [0.1, 0.15) is 11.1 Å². The van der Waals surface area contributed by atoms with E-state index in [1.165, 1.54) is 11.8 Å². The van der Waals surface area contributed by atoms with E-state index in [4.69, 9.17) is 11.6 Å². The van der Waals surface area contributed by atoms with E-state index in [1.807, 2.05) is 36.4 Å². The SMILES string of the molecule is N#Cc1cnc(Cl)c2ccc(SCc3ccccc3)cc12. The van der Waals surface area contributed by atoms with Gasteiger partial charge in [0.15, 0.2) is 0 Å². The van der Waals surface area contributed by atoms with Gasteiger partial charge in [-0.25, -0.2) is 4.98 Å². The summed E-state index contributed by atoms with van der Waals surface area (Å²) in [5.74, 6) is 0.896. The Labute approximate surface area is 132 Å². The fraction of sp³-hybridized carbons (Fsp3) is 0.0588. The zero-order valence-electron chi connectivity index (χ0n) is 11.1. The Hall–Kier alpha value is -2.02. The molecular formula is C17H11ClN2S. The molecule has 0 aliphatic rings. The van der Waals surface area contributed by atoms with Crippen LogP contribution >= 0.6 is 23.4 Å². The average Bonchev–Trinajstić information content (AvgIpc) is 2.54. The number of fused-ring (bicyclic) bond motifs is 1. The van der Waals surface area contributed by atoms with Crippen LogP contribution in [0.4, 0.5) is 0 Å². The van der Waals surface area contributed by atoms with E-state index in [-0.39, 0.29) is 0 Å². The lowest BCUT2D eigenvalue weighted by Gasteiger charge is -2.06. The largest absolute Gasteiger partial charge is 0.243 e. The first kappa shape index (κ1) is 13.9. The molecule has 0 saturated carbocycles. The zero-order valence-corrected chi connectivity index (χ0v) is 12.7. The third-order valence-electron chi connectivity index (χ3n) is 3.18. The molecule has 3 rings (SSSR count). The Kier molecular flexibility index (Phi) is 4.10. The molecule has 4 heteroatoms. The van der Waals surface area contributed by atoms with Crippen LogP contribution in [0.2, 0.25) is 5.15 Å². The zero-order chi connectivity index (χ0) is 14.7. The van der Waals surface area contributed by atoms with E-state index in [1.54, 1.807) is 11.8 Å². The summed E-state index contributed by atoms with van der Waals surface area (Å²) in [6, 6.07) is 18.4. The molecule has 0 unspecified atom stereocenters. The molecule has 2 nitrogen and oxygen atoms in total. The molecule has 1 aromatic heterocycles. The van der Waals surface area contributed by atoms with Crippen LogP contribution in [-0.4, -0.2) is 4.98 Å². The highest BCUT2D eigenvalue weighted by atomic mass is 35.5. The Morgan fingerprint density at radius 1 is 1.10 bits per heavy atom. The summed E-state index contributed by atoms with van der Waals surface area (Å²) >= 11 is 7.82. The summed E-state index contributed by atoms with van der Waals surface area (Å²) < 4.78 is 0. The summed E-state index contributed by atoms with van der Waals surface area (Å²) in [5.41, 5.74) is 1.83. The molecular weight excluding hydrogens is 300 g/mol. The Morgan fingerprint density at radius 3 is 2.67 bits per heavy atom. The molecule has 0 aliphatic heterocycles. The van der Waals surface area contributed by atoms with Crippen molar-refractivity contribution in [3.05, 3.63) is 71.0 Å². The van der Waals surface area contributed by atoms with Gasteiger partial charge in [0.25, 0.3) is 0 Å². The molecule has 0 aliphatic carbocycles. The van der Waals surface area contributed by atoms with Crippen molar-refractivity contribution in [3.63, 3.8) is 0 Å². The van der Waals surface area contributed by atoms with Crippen LogP contribution in [0, 0.1) is 11.3 Å². The van der Waals surface area contributed by atoms with Crippen LogP contribution in [0.3, 0.4) is 0 Å². The number of hydrogen-bond acceptors (Lipinski definition) is 3. The molecule has 0 radical (unpaired) electrons. The Morgan fingerprint density at radius 2 is 1.90 bits per heavy atom. The third kappa shape index (κ3) is 3.02. The monoisotopic (exact) mass is 310 g/mol. The maximum atomic E-state index is 9.19. The summed E-state index contributed by atoms with van der Waals surface area (Å²) in [6.07, 6.45) is 1.52. The standard InChI is InChI=1S/C17H11ClN2S/c18-17-15-7-6-14(8-16(15)13(9-19)10-20-17)21-11-12-4-2-1-3-5-12/h1-8,10H,11H2. The van der Waals surface area contributed by atoms with Crippen LogP contribution in [0.15, 0.2) is 59.6 Å². The molecule has 0 atom stereocenters. The fourth-order valence-corrected chi connectivity index (χ4v) is 3.21. The number of thioether (sulfide) groups is 1. The minimum absolute atomic E-state index is 0.434. The highest BCUT2D eigenvalue weighted by molar-refractivity contribution is 7.98. The van der Waals surface area contributed by atoms with Crippen LogP contribution in [0.25, 0.3) is 10.8 Å². The van der Waals surface area contributed by atoms with Gasteiger partial charge in [-0.3, -0.25) is 0 Å². The van der Waals surface area contributed by atoms with Gasteiger partial charge in [0.05, 0.1) is 5.56 Å². The Bertz CT molecular complexity index is 825. The van der Waals surface area contributed by atoms with Crippen molar-refractivity contribution in [2.75, 3.05) is 0 Å². The van der Waals surface area contributed by atoms with E-state index < -0.39 is 0 Å². The maximum Gasteiger partial charge on any atom is 0.136 e. The second kappa shape index (κ2) is 6.17. The van der Waals surface area contributed by atoms with Crippen molar-refractivity contribution in [1.29, 1.82) is 5.26 Å². The Balaban J connectivity index is 1.92. The number of hydrogen-bond donors (Lipinski definition) is 0. The van der Waals surface area contributed by atoms with Crippen molar-refractivity contribution in [1.82, 2.24) is 4.98 Å². The second-order valence-electron chi connectivity index (χ2n) is 4.56. The molecule has 0 saturated heterocycles. The summed E-state index contributed by atoms with van der Waals surface area (Å²) in [6.45, 7) is 0. The normalized spacial score (nSPS) is 10.5. The number of nitrogens with zero attached hydrogens (tertiary/aromatic N) is 2. The lowest BCUT2D eigenvalue weighted by molar-refractivity contribution is 1.33. The number of nitriles is 1. The molecule has 3 aromatic rings. The van der Waals surface area contributed by atoms with E-state index in [0.717, 1.165) is 21.4 Å². The van der Waals surface area contributed by atoms with Gasteiger partial charge in [0.1, 0.15) is 11.2 Å². The molecule has 21 heavy (non-hydrogen) atoms. The summed E-state index contributed by atoms with van der Waals surface area (Å²) in [5, 5.41) is 11.3. The highest BCUT2D eigenvalue weighted by Gasteiger charge is 2.07. The van der Waals surface area contributed by atoms with Crippen molar-refractivity contribution in [3.8, 4) is 6.07 Å². The number of rotatable bonds is 3. The first-order valence-electron chi connectivity index (χ1n) is 6.43. The van der Waals surface area contributed by atoms with Gasteiger partial charge in [-0.05, 0) is 17.7 Å². The van der Waals surface area contributed by atoms with Crippen LogP contribution < -0.4 is 0 Å². The predicted molar refractivity (Wildman–Crippen MR) is 87.5 cm³/mol. The van der Waals surface area contributed by atoms with Crippen LogP contribution in [0.5, 0.6) is 0 Å². The highest BCUT2D eigenvalue weighted by Crippen LogP contribution is 2.30. The molecule has 102 valence electrons. The van der Waals surface area contributed by atoms with Gasteiger partial charge in [-0.2, -0.15) is 5.26 Å². The van der Waals surface area contributed by atoms with Gasteiger partial charge in [-0.15, -0.1) is 11.8 Å². The quantitative estimate of drug-likeness (QED) is 0.501. The first-order chi connectivity index (χ1) is 10.3. The molecule has 0 bridgehead atoms. The topological polar surface area (TPSA) is 36.7 Å². The molecule has 0 amide bonds. The van der Waals surface area contributed by atoms with E-state index in [9.17, 15) is 5.26 Å². The summed E-state index contributed by atoms with van der Waals surface area (Å²) in [4.78, 5) is 5.15. The maximum absolute atomic E-state index is 9.19. The predicted octanol–water partition coefficient (Wildman–Crippen LogP) is 5.05. The second-order valence-corrected chi connectivity index (χ2v) is 5.96. The van der Waals surface area contributed by atoms with Gasteiger partial charge in [-0.1, -0.05) is 48.0 Å². The van der Waals surface area contributed by atoms with Crippen molar-refractivity contribution >= 4 is 34.1 Å². The number of halogens is 1.